The smallest absolute Gasteiger partial charge is 0.331 e. The number of aliphatic hydroxyl groups is 20. The molecule has 13 rings (SSSR count). The number of aliphatic carboxylic acids is 1. The number of allylic oxidation sites excluding steroid dienone is 1. The van der Waals surface area contributed by atoms with Crippen LogP contribution in [0.1, 0.15) is 105 Å². The monoisotopic (exact) mass is 1710 g/mol. The molecule has 0 amide bonds. The molecule has 21 N–H and O–H groups in total. The average Bonchev–Trinajstić information content (AvgIpc) is 0.969. The number of benzene rings is 1. The van der Waals surface area contributed by atoms with E-state index in [0.29, 0.717) is 16.9 Å². The summed E-state index contributed by atoms with van der Waals surface area (Å²) < 4.78 is 98.4. The standard InChI is InChI=1S/C79H118O40/c1-31-56(113-64-51(94)46(89)38(85)26-105-64)59(115-70-62(99)78(103,29-83)30-107-70)55(98)67(108-31)117-61-60(116-68-54(97)58(49(92)41(25-81)111-68)114-65-52(95)47(90)39(86)27-106-65)57(112-45(88)16-11-33-9-12-34(104-8)13-10-33)32(2)109-69(61)119-72(102)79-20-19-77(28-82)35(36(79)21-73(3,4)23-44(79)87)14-15-42-74(5)22-37(84)63(76(7,71(100)101)43(74)17-18-75(42,77)6)118-66-53(96)50(93)48(91)40(24-80)110-66/h9-14,16,31-32,36-44,46-70,80-87,89-99,103H,15,17-30H2,1-8H3,(H,100,101)/b16-11-/t31-,32+,36-,37-,38+,39+,40+,41+,42+,43+,44+,46-,47-,48+,49+,50-,51+,52+,53+,54+,55+,56-,57-,58-,59-,60-,61+,62-,63-,64-,65-,66-,67-,68-,69-,70-,74+,75+,76-,77-,78+,79-/m0/s1. The Morgan fingerprint density at radius 3 is 1.67 bits per heavy atom. The second kappa shape index (κ2) is 35.4. The first-order valence-corrected chi connectivity index (χ1v) is 40.5. The van der Waals surface area contributed by atoms with Crippen LogP contribution in [0.25, 0.3) is 6.08 Å². The molecular weight excluding hydrogens is 1590 g/mol. The van der Waals surface area contributed by atoms with Crippen molar-refractivity contribution in [2.24, 2.45) is 50.2 Å². The molecule has 119 heavy (non-hydrogen) atoms. The van der Waals surface area contributed by atoms with Crippen molar-refractivity contribution in [3.05, 3.63) is 47.6 Å². The molecule has 0 spiro atoms. The van der Waals surface area contributed by atoms with Crippen molar-refractivity contribution >= 4 is 24.0 Å². The molecule has 42 atom stereocenters. The number of carboxylic acid groups (broad SMARTS) is 1. The molecule has 0 aromatic heterocycles. The van der Waals surface area contributed by atoms with Gasteiger partial charge in [0.25, 0.3) is 0 Å². The van der Waals surface area contributed by atoms with Crippen molar-refractivity contribution in [3.8, 4) is 5.75 Å². The molecule has 0 unspecified atom stereocenters. The zero-order chi connectivity index (χ0) is 86.6. The summed E-state index contributed by atoms with van der Waals surface area (Å²) in [7, 11) is 1.45. The van der Waals surface area contributed by atoms with E-state index in [9.17, 15) is 117 Å². The first kappa shape index (κ1) is 92.3. The highest BCUT2D eigenvalue weighted by atomic mass is 16.8. The van der Waals surface area contributed by atoms with E-state index in [2.05, 4.69) is 0 Å². The Morgan fingerprint density at radius 1 is 0.521 bits per heavy atom. The Labute approximate surface area is 684 Å². The van der Waals surface area contributed by atoms with Gasteiger partial charge in [-0.15, -0.1) is 0 Å². The molecule has 674 valence electrons. The molecule has 4 saturated carbocycles. The molecule has 11 fully saturated rings. The van der Waals surface area contributed by atoms with Crippen LogP contribution in [0.15, 0.2) is 42.0 Å². The summed E-state index contributed by atoms with van der Waals surface area (Å²) in [5.41, 5.74) is -9.57. The summed E-state index contributed by atoms with van der Waals surface area (Å²) in [5, 5.41) is 238. The maximum atomic E-state index is 16.8. The molecule has 0 bridgehead atoms. The number of ether oxygens (including phenoxy) is 16. The van der Waals surface area contributed by atoms with Gasteiger partial charge in [-0.25, -0.2) is 4.79 Å². The summed E-state index contributed by atoms with van der Waals surface area (Å²) in [6.07, 6.45) is -58.5. The van der Waals surface area contributed by atoms with Gasteiger partial charge in [-0.3, -0.25) is 9.59 Å². The van der Waals surface area contributed by atoms with Crippen molar-refractivity contribution < 1.29 is 197 Å². The first-order chi connectivity index (χ1) is 56.1. The van der Waals surface area contributed by atoms with Crippen LogP contribution >= 0.6 is 0 Å². The predicted molar refractivity (Wildman–Crippen MR) is 392 cm³/mol. The normalized spacial score (nSPS) is 50.5. The highest BCUT2D eigenvalue weighted by Crippen LogP contribution is 2.76. The van der Waals surface area contributed by atoms with Crippen LogP contribution in [-0.4, -0.2) is 387 Å². The third-order valence-corrected chi connectivity index (χ3v) is 28.4. The second-order valence-electron chi connectivity index (χ2n) is 35.9. The SMILES string of the molecule is COc1ccc(/C=C\C(=O)O[C@@H]2[C@H](O[C@@H]3O[C@H](CO)[C@@H](O)[C@H](O[C@@H]4OC[C@@H](O)[C@H](O)[C@H]4O)[C@H]3O)[C@@H](O[C@@H]3O[C@@H](C)[C@H](O[C@@H]4OC[C@@H](O)[C@H](O)[C@H]4O)[C@@H](O[C@@H]4OC[C@](O)(CO)[C@H]4O)[C@H]3O)[C@H](OC(=O)[C@@]34CC[C@]5(CO)C(=CC[C@@H]6[C@@]7(C)C[C@H](O)[C@H](O[C@@H]8O[C@H](CO)[C@@H](O)[C@H](O)[C@H]8O)[C@@](C)(C(=O)O)[C@@H]7CC[C@]65C)[C@@H]3CC(C)(C)C[C@H]4O)O[C@@H]2C)cc1. The molecule has 0 radical (unpaired) electrons. The van der Waals surface area contributed by atoms with Crippen LogP contribution in [-0.2, 0) is 85.4 Å². The van der Waals surface area contributed by atoms with Gasteiger partial charge in [-0.2, -0.15) is 0 Å². The minimum atomic E-state index is -2.37. The lowest BCUT2D eigenvalue weighted by Crippen LogP contribution is -2.71. The Morgan fingerprint density at radius 2 is 1.08 bits per heavy atom. The van der Waals surface area contributed by atoms with Crippen LogP contribution in [0.3, 0.4) is 0 Å². The minimum Gasteiger partial charge on any atom is -0.497 e. The van der Waals surface area contributed by atoms with Gasteiger partial charge < -0.3 is 183 Å². The quantitative estimate of drug-likeness (QED) is 0.0210. The summed E-state index contributed by atoms with van der Waals surface area (Å²) in [5.74, 6) is -5.63. The van der Waals surface area contributed by atoms with Crippen molar-refractivity contribution in [2.45, 2.75) is 308 Å². The number of rotatable bonds is 23. The van der Waals surface area contributed by atoms with Gasteiger partial charge in [0.1, 0.15) is 139 Å². The lowest BCUT2D eigenvalue weighted by atomic mass is 9.33. The number of hydrogen-bond donors (Lipinski definition) is 21. The highest BCUT2D eigenvalue weighted by Gasteiger charge is 2.75. The van der Waals surface area contributed by atoms with E-state index in [4.69, 9.17) is 75.8 Å². The first-order valence-electron chi connectivity index (χ1n) is 40.5. The molecule has 1 aromatic rings. The molecule has 12 aliphatic rings. The van der Waals surface area contributed by atoms with Crippen LogP contribution in [0, 0.1) is 50.2 Å². The number of fused-ring (bicyclic) bond motifs is 7. The van der Waals surface area contributed by atoms with E-state index < -0.39 is 323 Å². The van der Waals surface area contributed by atoms with Gasteiger partial charge in [0.15, 0.2) is 49.9 Å². The van der Waals surface area contributed by atoms with Crippen LogP contribution in [0.4, 0.5) is 0 Å². The van der Waals surface area contributed by atoms with Crippen molar-refractivity contribution in [1.82, 2.24) is 0 Å². The molecule has 7 aliphatic heterocycles. The van der Waals surface area contributed by atoms with Crippen molar-refractivity contribution in [3.63, 3.8) is 0 Å². The maximum absolute atomic E-state index is 16.8. The van der Waals surface area contributed by atoms with Gasteiger partial charge in [0, 0.05) is 11.5 Å². The zero-order valence-corrected chi connectivity index (χ0v) is 67.1. The van der Waals surface area contributed by atoms with Crippen molar-refractivity contribution in [1.29, 1.82) is 0 Å². The van der Waals surface area contributed by atoms with Crippen LogP contribution in [0.2, 0.25) is 0 Å². The second-order valence-corrected chi connectivity index (χ2v) is 35.9. The summed E-state index contributed by atoms with van der Waals surface area (Å²) in [4.78, 5) is 45.5. The molecule has 40 heteroatoms. The zero-order valence-electron chi connectivity index (χ0n) is 67.1. The minimum absolute atomic E-state index is 0.0476. The predicted octanol–water partition coefficient (Wildman–Crippen LogP) is -6.34. The number of carbonyl (C=O) groups excluding carboxylic acids is 2. The number of aliphatic hydroxyl groups excluding tert-OH is 19. The lowest BCUT2D eigenvalue weighted by molar-refractivity contribution is -0.401. The molecule has 40 nitrogen and oxygen atoms in total. The third kappa shape index (κ3) is 16.3. The fourth-order valence-corrected chi connectivity index (χ4v) is 21.6. The topological polar surface area (TPSA) is 624 Å². The Balaban J connectivity index is 0.896. The maximum Gasteiger partial charge on any atom is 0.331 e. The largest absolute Gasteiger partial charge is 0.497 e. The van der Waals surface area contributed by atoms with Gasteiger partial charge in [-0.1, -0.05) is 51.5 Å². The van der Waals surface area contributed by atoms with Gasteiger partial charge >= 0.3 is 17.9 Å². The van der Waals surface area contributed by atoms with E-state index in [1.54, 1.807) is 24.3 Å². The Hall–Kier alpha value is -4.41. The number of methoxy groups -OCH3 is 1. The molecule has 7 heterocycles. The van der Waals surface area contributed by atoms with E-state index >= 15 is 4.79 Å². The average molecular weight is 1710 g/mol. The van der Waals surface area contributed by atoms with Gasteiger partial charge in [0.2, 0.25) is 6.29 Å². The van der Waals surface area contributed by atoms with E-state index in [0.717, 1.165) is 6.08 Å². The Bertz CT molecular complexity index is 3730. The molecule has 7 saturated heterocycles. The Kier molecular flexibility index (Phi) is 27.5. The fourth-order valence-electron chi connectivity index (χ4n) is 21.6. The fraction of sp³-hybridized carbons (Fsp3) is 0.835. The van der Waals surface area contributed by atoms with Crippen LogP contribution in [0.5, 0.6) is 5.75 Å². The molecule has 1 aromatic carbocycles. The molecule has 5 aliphatic carbocycles. The van der Waals surface area contributed by atoms with Crippen LogP contribution < -0.4 is 4.74 Å². The van der Waals surface area contributed by atoms with E-state index in [1.807, 2.05) is 33.8 Å². The van der Waals surface area contributed by atoms with E-state index in [1.165, 1.54) is 34.0 Å². The number of carbonyl (C=O) groups is 3. The van der Waals surface area contributed by atoms with Gasteiger partial charge in [0.05, 0.1) is 83.2 Å². The number of carboxylic acids is 1. The number of hydrogen-bond acceptors (Lipinski definition) is 39. The summed E-state index contributed by atoms with van der Waals surface area (Å²) >= 11 is 0. The lowest BCUT2D eigenvalue weighted by Gasteiger charge is -2.71. The van der Waals surface area contributed by atoms with E-state index in [-0.39, 0.29) is 51.4 Å². The van der Waals surface area contributed by atoms with Crippen molar-refractivity contribution in [2.75, 3.05) is 53.4 Å². The highest BCUT2D eigenvalue weighted by molar-refractivity contribution is 5.87. The summed E-state index contributed by atoms with van der Waals surface area (Å²) in [6.45, 7) is 6.21. The van der Waals surface area contributed by atoms with Gasteiger partial charge in [-0.05, 0) is 130 Å². The number of esters is 2. The summed E-state index contributed by atoms with van der Waals surface area (Å²) in [6, 6.07) is 6.42. The third-order valence-electron chi connectivity index (χ3n) is 28.4. The molecular formula is C79H118O40.